The highest BCUT2D eigenvalue weighted by molar-refractivity contribution is 7.71. The van der Waals surface area contributed by atoms with Gasteiger partial charge in [0.1, 0.15) is 5.82 Å². The highest BCUT2D eigenvalue weighted by Gasteiger charge is 2.22. The van der Waals surface area contributed by atoms with Gasteiger partial charge >= 0.3 is 5.97 Å². The predicted molar refractivity (Wildman–Crippen MR) is 109 cm³/mol. The van der Waals surface area contributed by atoms with Crippen LogP contribution in [0.2, 0.25) is 10.0 Å². The maximum absolute atomic E-state index is 12.4. The smallest absolute Gasteiger partial charge is 0.358 e. The molecule has 10 heteroatoms. The van der Waals surface area contributed by atoms with E-state index in [9.17, 15) is 9.59 Å². The summed E-state index contributed by atoms with van der Waals surface area (Å²) in [6.45, 7) is 0.222. The number of hydrogen-bond donors (Lipinski definition) is 2. The van der Waals surface area contributed by atoms with Gasteiger partial charge in [0.2, 0.25) is 0 Å². The minimum absolute atomic E-state index is 0.0795. The van der Waals surface area contributed by atoms with Crippen LogP contribution in [0.4, 0.5) is 5.82 Å². The molecule has 144 valence electrons. The molecule has 0 fully saturated rings. The lowest BCUT2D eigenvalue weighted by Crippen LogP contribution is -2.18. The summed E-state index contributed by atoms with van der Waals surface area (Å²) < 4.78 is 6.60. The number of esters is 1. The molecule has 3 rings (SSSR count). The van der Waals surface area contributed by atoms with Crippen molar-refractivity contribution >= 4 is 53.1 Å². The first-order valence-corrected chi connectivity index (χ1v) is 9.13. The number of carbonyl (C=O) groups excluding carboxylic acids is 2. The van der Waals surface area contributed by atoms with Gasteiger partial charge in [0.25, 0.3) is 5.91 Å². The van der Waals surface area contributed by atoms with E-state index >= 15 is 0 Å². The second-order valence-corrected chi connectivity index (χ2v) is 6.88. The fraction of sp³-hybridized carbons (Fsp3) is 0.111. The Kier molecular flexibility index (Phi) is 6.13. The number of anilines is 1. The Labute approximate surface area is 175 Å². The molecule has 0 atom stereocenters. The molecule has 3 aromatic rings. The van der Waals surface area contributed by atoms with Gasteiger partial charge in [-0.05, 0) is 42.0 Å². The number of halogens is 2. The van der Waals surface area contributed by atoms with E-state index in [4.69, 9.17) is 40.2 Å². The topological polar surface area (TPSA) is 89.0 Å². The zero-order valence-electron chi connectivity index (χ0n) is 14.5. The third kappa shape index (κ3) is 4.24. The second-order valence-electron chi connectivity index (χ2n) is 5.68. The van der Waals surface area contributed by atoms with Crippen molar-refractivity contribution in [1.29, 1.82) is 0 Å². The van der Waals surface area contributed by atoms with Gasteiger partial charge in [-0.1, -0.05) is 29.3 Å². The van der Waals surface area contributed by atoms with Gasteiger partial charge in [-0.2, -0.15) is 0 Å². The van der Waals surface area contributed by atoms with Gasteiger partial charge in [0, 0.05) is 12.4 Å². The fourth-order valence-electron chi connectivity index (χ4n) is 2.52. The van der Waals surface area contributed by atoms with Crippen molar-refractivity contribution in [2.24, 2.45) is 0 Å². The number of benzene rings is 1. The molecule has 7 nitrogen and oxygen atoms in total. The van der Waals surface area contributed by atoms with E-state index in [1.165, 1.54) is 17.9 Å². The van der Waals surface area contributed by atoms with Crippen LogP contribution < -0.4 is 5.32 Å². The predicted octanol–water partition coefficient (Wildman–Crippen LogP) is 4.33. The van der Waals surface area contributed by atoms with Crippen molar-refractivity contribution < 1.29 is 14.3 Å². The number of nitrogens with zero attached hydrogens (tertiary/aromatic N) is 2. The Morgan fingerprint density at radius 1 is 1.29 bits per heavy atom. The molecule has 2 aromatic heterocycles. The van der Waals surface area contributed by atoms with Crippen LogP contribution in [0, 0.1) is 4.77 Å². The third-order valence-corrected chi connectivity index (χ3v) is 4.91. The lowest BCUT2D eigenvalue weighted by Gasteiger charge is -2.10. The van der Waals surface area contributed by atoms with Crippen molar-refractivity contribution in [3.8, 4) is 0 Å². The summed E-state index contributed by atoms with van der Waals surface area (Å²) in [7, 11) is 1.24. The number of pyridine rings is 1. The van der Waals surface area contributed by atoms with E-state index in [2.05, 4.69) is 15.3 Å². The van der Waals surface area contributed by atoms with Crippen LogP contribution in [0.5, 0.6) is 0 Å². The number of imidazole rings is 1. The van der Waals surface area contributed by atoms with E-state index in [0.717, 1.165) is 5.56 Å². The molecule has 0 saturated heterocycles. The second kappa shape index (κ2) is 8.55. The van der Waals surface area contributed by atoms with Crippen molar-refractivity contribution in [3.05, 3.63) is 74.4 Å². The summed E-state index contributed by atoms with van der Waals surface area (Å²) in [5.74, 6) is -0.976. The maximum Gasteiger partial charge on any atom is 0.358 e. The molecule has 0 aliphatic carbocycles. The maximum atomic E-state index is 12.4. The number of carbonyl (C=O) groups is 2. The molecular weight excluding hydrogens is 423 g/mol. The van der Waals surface area contributed by atoms with Crippen LogP contribution in [0.1, 0.15) is 26.4 Å². The largest absolute Gasteiger partial charge is 0.464 e. The van der Waals surface area contributed by atoms with Crippen LogP contribution >= 0.6 is 35.4 Å². The zero-order chi connectivity index (χ0) is 20.3. The van der Waals surface area contributed by atoms with Crippen LogP contribution in [-0.2, 0) is 11.3 Å². The monoisotopic (exact) mass is 436 g/mol. The van der Waals surface area contributed by atoms with E-state index in [-0.39, 0.29) is 22.8 Å². The third-order valence-electron chi connectivity index (χ3n) is 3.85. The molecule has 0 unspecified atom stereocenters. The average molecular weight is 437 g/mol. The number of rotatable bonds is 5. The summed E-state index contributed by atoms with van der Waals surface area (Å²) >= 11 is 17.3. The van der Waals surface area contributed by atoms with Crippen LogP contribution in [0.25, 0.3) is 0 Å². The standard InChI is InChI=1S/C18H14Cl2N4O3S/c1-27-17(26)14-15(22-16(25)11-3-2-6-21-8-11)23-18(28)24(14)9-10-4-5-12(19)13(20)7-10/h2-8H,9H2,1H3,(H,22,25)(H,23,28). The first kappa shape index (κ1) is 20.1. The Morgan fingerprint density at radius 3 is 2.71 bits per heavy atom. The lowest BCUT2D eigenvalue weighted by atomic mass is 10.2. The summed E-state index contributed by atoms with van der Waals surface area (Å²) in [6, 6.07) is 8.32. The van der Waals surface area contributed by atoms with Crippen molar-refractivity contribution in [1.82, 2.24) is 14.5 Å². The molecule has 1 amide bonds. The number of amides is 1. The summed E-state index contributed by atoms with van der Waals surface area (Å²) in [5.41, 5.74) is 1.17. The first-order valence-electron chi connectivity index (χ1n) is 7.97. The van der Waals surface area contributed by atoms with Gasteiger partial charge in [-0.15, -0.1) is 0 Å². The summed E-state index contributed by atoms with van der Waals surface area (Å²) in [6.07, 6.45) is 2.96. The molecule has 2 heterocycles. The zero-order valence-corrected chi connectivity index (χ0v) is 16.9. The Bertz CT molecular complexity index is 1100. The van der Waals surface area contributed by atoms with E-state index in [1.54, 1.807) is 36.5 Å². The van der Waals surface area contributed by atoms with Gasteiger partial charge in [-0.25, -0.2) is 4.79 Å². The summed E-state index contributed by atoms with van der Waals surface area (Å²) in [4.78, 5) is 31.6. The number of aromatic nitrogens is 3. The quantitative estimate of drug-likeness (QED) is 0.458. The van der Waals surface area contributed by atoms with Gasteiger partial charge < -0.3 is 19.6 Å². The molecule has 0 bridgehead atoms. The van der Waals surface area contributed by atoms with Crippen LogP contribution in [-0.4, -0.2) is 33.5 Å². The van der Waals surface area contributed by atoms with E-state index in [1.807, 2.05) is 0 Å². The molecule has 0 aliphatic rings. The number of aromatic amines is 1. The molecule has 28 heavy (non-hydrogen) atoms. The Hall–Kier alpha value is -2.68. The number of nitrogens with one attached hydrogen (secondary N) is 2. The molecule has 0 radical (unpaired) electrons. The average Bonchev–Trinajstić information content (AvgIpc) is 2.99. The van der Waals surface area contributed by atoms with Crippen LogP contribution in [0.3, 0.4) is 0 Å². The first-order chi connectivity index (χ1) is 13.4. The number of H-pyrrole nitrogens is 1. The number of hydrogen-bond acceptors (Lipinski definition) is 5. The number of methoxy groups -OCH3 is 1. The SMILES string of the molecule is COC(=O)c1c(NC(=O)c2cccnc2)[nH]c(=S)n1Cc1ccc(Cl)c(Cl)c1. The highest BCUT2D eigenvalue weighted by atomic mass is 35.5. The number of ether oxygens (including phenoxy) is 1. The van der Waals surface area contributed by atoms with Crippen molar-refractivity contribution in [2.45, 2.75) is 6.54 Å². The van der Waals surface area contributed by atoms with Gasteiger partial charge in [0.05, 0.1) is 29.3 Å². The Balaban J connectivity index is 1.99. The van der Waals surface area contributed by atoms with Crippen LogP contribution in [0.15, 0.2) is 42.7 Å². The van der Waals surface area contributed by atoms with E-state index < -0.39 is 11.9 Å². The van der Waals surface area contributed by atoms with E-state index in [0.29, 0.717) is 15.6 Å². The highest BCUT2D eigenvalue weighted by Crippen LogP contribution is 2.25. The summed E-state index contributed by atoms with van der Waals surface area (Å²) in [5, 5.41) is 3.44. The minimum Gasteiger partial charge on any atom is -0.464 e. The molecule has 2 N–H and O–H groups in total. The van der Waals surface area contributed by atoms with Gasteiger partial charge in [-0.3, -0.25) is 9.78 Å². The Morgan fingerprint density at radius 2 is 2.07 bits per heavy atom. The molecule has 1 aromatic carbocycles. The lowest BCUT2D eigenvalue weighted by molar-refractivity contribution is 0.0590. The normalized spacial score (nSPS) is 10.5. The van der Waals surface area contributed by atoms with Crippen molar-refractivity contribution in [3.63, 3.8) is 0 Å². The molecule has 0 aliphatic heterocycles. The fourth-order valence-corrected chi connectivity index (χ4v) is 3.10. The molecule has 0 spiro atoms. The van der Waals surface area contributed by atoms with Gasteiger partial charge in [0.15, 0.2) is 10.5 Å². The molecule has 0 saturated carbocycles. The molecular formula is C18H14Cl2N4O3S. The minimum atomic E-state index is -0.658. The van der Waals surface area contributed by atoms with Crippen molar-refractivity contribution in [2.75, 3.05) is 12.4 Å².